The van der Waals surface area contributed by atoms with Crippen molar-refractivity contribution in [3.8, 4) is 5.75 Å². The summed E-state index contributed by atoms with van der Waals surface area (Å²) in [5.74, 6) is 0.889. The van der Waals surface area contributed by atoms with Crippen LogP contribution in [-0.4, -0.2) is 13.2 Å². The highest BCUT2D eigenvalue weighted by Gasteiger charge is 2.02. The summed E-state index contributed by atoms with van der Waals surface area (Å²) in [5.41, 5.74) is 2.49. The van der Waals surface area contributed by atoms with Crippen LogP contribution in [0.3, 0.4) is 0 Å². The first-order valence-electron chi connectivity index (χ1n) is 6.85. The fourth-order valence-corrected chi connectivity index (χ4v) is 3.07. The lowest BCUT2D eigenvalue weighted by atomic mass is 10.1. The van der Waals surface area contributed by atoms with Crippen molar-refractivity contribution in [2.45, 2.75) is 26.8 Å². The summed E-state index contributed by atoms with van der Waals surface area (Å²) < 4.78 is 5.74. The first-order chi connectivity index (χ1) is 9.70. The predicted molar refractivity (Wildman–Crippen MR) is 87.1 cm³/mol. The summed E-state index contributed by atoms with van der Waals surface area (Å²) in [6, 6.07) is 7.99. The molecule has 0 unspecified atom stereocenters. The molecule has 0 spiro atoms. The van der Waals surface area contributed by atoms with E-state index in [1.165, 1.54) is 10.4 Å². The molecule has 20 heavy (non-hydrogen) atoms. The zero-order chi connectivity index (χ0) is 14.4. The Kier molecular flexibility index (Phi) is 5.89. The van der Waals surface area contributed by atoms with E-state index in [0.29, 0.717) is 6.61 Å². The standard InChI is InChI=1S/C16H20ClNOS/c1-3-13-10-14(4-5-15(13)17)19-8-7-18-11-16-12(2)6-9-20-16/h4-6,9-10,18H,3,7-8,11H2,1-2H3. The lowest BCUT2D eigenvalue weighted by Crippen LogP contribution is -2.20. The minimum absolute atomic E-state index is 0.662. The Bertz CT molecular complexity index is 553. The highest BCUT2D eigenvalue weighted by Crippen LogP contribution is 2.22. The maximum absolute atomic E-state index is 6.09. The molecule has 2 aromatic rings. The zero-order valence-electron chi connectivity index (χ0n) is 11.9. The molecular formula is C16H20ClNOS. The Balaban J connectivity index is 1.72. The lowest BCUT2D eigenvalue weighted by molar-refractivity contribution is 0.313. The van der Waals surface area contributed by atoms with Crippen molar-refractivity contribution in [2.24, 2.45) is 0 Å². The number of nitrogens with one attached hydrogen (secondary N) is 1. The van der Waals surface area contributed by atoms with E-state index >= 15 is 0 Å². The number of aryl methyl sites for hydroxylation is 2. The predicted octanol–water partition coefficient (Wildman–Crippen LogP) is 4.44. The summed E-state index contributed by atoms with van der Waals surface area (Å²) in [6.07, 6.45) is 0.923. The van der Waals surface area contributed by atoms with Crippen LogP contribution in [0.5, 0.6) is 5.75 Å². The molecule has 0 amide bonds. The third-order valence-corrected chi connectivity index (χ3v) is 4.59. The van der Waals surface area contributed by atoms with E-state index < -0.39 is 0 Å². The molecule has 108 valence electrons. The van der Waals surface area contributed by atoms with Gasteiger partial charge in [-0.15, -0.1) is 11.3 Å². The number of halogens is 1. The van der Waals surface area contributed by atoms with Gasteiger partial charge >= 0.3 is 0 Å². The Morgan fingerprint density at radius 3 is 2.85 bits per heavy atom. The van der Waals surface area contributed by atoms with E-state index in [1.807, 2.05) is 18.2 Å². The average Bonchev–Trinajstić information content (AvgIpc) is 2.86. The molecule has 0 aliphatic heterocycles. The molecule has 0 bridgehead atoms. The number of hydrogen-bond acceptors (Lipinski definition) is 3. The van der Waals surface area contributed by atoms with Gasteiger partial charge in [0.2, 0.25) is 0 Å². The molecule has 0 aliphatic rings. The highest BCUT2D eigenvalue weighted by molar-refractivity contribution is 7.10. The summed E-state index contributed by atoms with van der Waals surface area (Å²) in [6.45, 7) is 6.64. The van der Waals surface area contributed by atoms with Crippen molar-refractivity contribution in [1.82, 2.24) is 5.32 Å². The molecular weight excluding hydrogens is 290 g/mol. The first-order valence-corrected chi connectivity index (χ1v) is 8.11. The summed E-state index contributed by atoms with van der Waals surface area (Å²) in [7, 11) is 0. The van der Waals surface area contributed by atoms with Gasteiger partial charge in [0, 0.05) is 23.0 Å². The van der Waals surface area contributed by atoms with Gasteiger partial charge < -0.3 is 10.1 Å². The van der Waals surface area contributed by atoms with Crippen LogP contribution in [0.1, 0.15) is 22.9 Å². The minimum atomic E-state index is 0.662. The minimum Gasteiger partial charge on any atom is -0.492 e. The number of ether oxygens (including phenoxy) is 1. The van der Waals surface area contributed by atoms with Gasteiger partial charge in [0.1, 0.15) is 12.4 Å². The number of rotatable bonds is 7. The third-order valence-electron chi connectivity index (χ3n) is 3.20. The molecule has 0 atom stereocenters. The monoisotopic (exact) mass is 309 g/mol. The largest absolute Gasteiger partial charge is 0.492 e. The smallest absolute Gasteiger partial charge is 0.119 e. The van der Waals surface area contributed by atoms with Gasteiger partial charge in [0.05, 0.1) is 0 Å². The fraction of sp³-hybridized carbons (Fsp3) is 0.375. The second-order valence-corrected chi connectivity index (χ2v) is 6.07. The Morgan fingerprint density at radius 2 is 2.15 bits per heavy atom. The summed E-state index contributed by atoms with van der Waals surface area (Å²) in [5, 5.41) is 6.34. The molecule has 4 heteroatoms. The molecule has 0 saturated heterocycles. The van der Waals surface area contributed by atoms with Gasteiger partial charge in [-0.2, -0.15) is 0 Å². The van der Waals surface area contributed by atoms with E-state index in [1.54, 1.807) is 11.3 Å². The van der Waals surface area contributed by atoms with Crippen LogP contribution in [0, 0.1) is 6.92 Å². The van der Waals surface area contributed by atoms with Crippen LogP contribution < -0.4 is 10.1 Å². The molecule has 2 rings (SSSR count). The second kappa shape index (κ2) is 7.67. The SMILES string of the molecule is CCc1cc(OCCNCc2sccc2C)ccc1Cl. The van der Waals surface area contributed by atoms with Crippen molar-refractivity contribution in [1.29, 1.82) is 0 Å². The normalized spacial score (nSPS) is 10.8. The fourth-order valence-electron chi connectivity index (χ4n) is 1.94. The van der Waals surface area contributed by atoms with Crippen molar-refractivity contribution < 1.29 is 4.74 Å². The van der Waals surface area contributed by atoms with Crippen LogP contribution in [0.15, 0.2) is 29.6 Å². The van der Waals surface area contributed by atoms with Gasteiger partial charge in [0.15, 0.2) is 0 Å². The van der Waals surface area contributed by atoms with Gasteiger partial charge in [-0.25, -0.2) is 0 Å². The Morgan fingerprint density at radius 1 is 1.30 bits per heavy atom. The molecule has 0 fully saturated rings. The highest BCUT2D eigenvalue weighted by atomic mass is 35.5. The van der Waals surface area contributed by atoms with Crippen molar-refractivity contribution in [2.75, 3.05) is 13.2 Å². The second-order valence-electron chi connectivity index (χ2n) is 4.66. The molecule has 1 heterocycles. The molecule has 0 radical (unpaired) electrons. The van der Waals surface area contributed by atoms with Crippen molar-refractivity contribution in [3.05, 3.63) is 50.7 Å². The number of benzene rings is 1. The van der Waals surface area contributed by atoms with E-state index in [2.05, 4.69) is 30.6 Å². The van der Waals surface area contributed by atoms with Gasteiger partial charge in [-0.05, 0) is 54.1 Å². The first kappa shape index (κ1) is 15.4. The van der Waals surface area contributed by atoms with Crippen LogP contribution in [0.25, 0.3) is 0 Å². The maximum atomic E-state index is 6.09. The zero-order valence-corrected chi connectivity index (χ0v) is 13.5. The molecule has 1 aromatic carbocycles. The van der Waals surface area contributed by atoms with E-state index in [4.69, 9.17) is 16.3 Å². The maximum Gasteiger partial charge on any atom is 0.119 e. The van der Waals surface area contributed by atoms with E-state index in [0.717, 1.165) is 35.8 Å². The van der Waals surface area contributed by atoms with E-state index in [-0.39, 0.29) is 0 Å². The summed E-state index contributed by atoms with van der Waals surface area (Å²) in [4.78, 5) is 1.39. The Labute approximate surface area is 129 Å². The molecule has 1 aromatic heterocycles. The van der Waals surface area contributed by atoms with Crippen LogP contribution in [-0.2, 0) is 13.0 Å². The van der Waals surface area contributed by atoms with Gasteiger partial charge in [0.25, 0.3) is 0 Å². The third kappa shape index (κ3) is 4.23. The average molecular weight is 310 g/mol. The topological polar surface area (TPSA) is 21.3 Å². The van der Waals surface area contributed by atoms with Crippen molar-refractivity contribution in [3.63, 3.8) is 0 Å². The Hall–Kier alpha value is -1.03. The number of hydrogen-bond donors (Lipinski definition) is 1. The summed E-state index contributed by atoms with van der Waals surface area (Å²) >= 11 is 7.88. The van der Waals surface area contributed by atoms with Crippen LogP contribution >= 0.6 is 22.9 Å². The van der Waals surface area contributed by atoms with E-state index in [9.17, 15) is 0 Å². The van der Waals surface area contributed by atoms with Gasteiger partial charge in [-0.3, -0.25) is 0 Å². The molecule has 0 saturated carbocycles. The van der Waals surface area contributed by atoms with Gasteiger partial charge in [-0.1, -0.05) is 18.5 Å². The number of thiophene rings is 1. The van der Waals surface area contributed by atoms with Crippen LogP contribution in [0.4, 0.5) is 0 Å². The lowest BCUT2D eigenvalue weighted by Gasteiger charge is -2.09. The van der Waals surface area contributed by atoms with Crippen molar-refractivity contribution >= 4 is 22.9 Å². The molecule has 1 N–H and O–H groups in total. The quantitative estimate of drug-likeness (QED) is 0.763. The molecule has 2 nitrogen and oxygen atoms in total. The van der Waals surface area contributed by atoms with Crippen LogP contribution in [0.2, 0.25) is 5.02 Å². The molecule has 0 aliphatic carbocycles.